The number of ketones is 2. The lowest BCUT2D eigenvalue weighted by Gasteiger charge is -2.52. The van der Waals surface area contributed by atoms with E-state index in [0.717, 1.165) is 0 Å². The number of amides is 1. The largest absolute Gasteiger partial charge is 0.511 e. The summed E-state index contributed by atoms with van der Waals surface area (Å²) in [5, 5.41) is 43.2. The Kier molecular flexibility index (Phi) is 4.32. The Labute approximate surface area is 172 Å². The number of hydrogen-bond acceptors (Lipinski definition) is 7. The maximum Gasteiger partial charge on any atom is 0.255 e. The highest BCUT2D eigenvalue weighted by molar-refractivity contribution is 6.23. The molecule has 0 spiro atoms. The van der Waals surface area contributed by atoms with E-state index in [0.29, 0.717) is 5.56 Å². The number of primary amides is 1. The number of phenols is 1. The van der Waals surface area contributed by atoms with Crippen molar-refractivity contribution in [3.05, 3.63) is 52.0 Å². The Balaban J connectivity index is 2.03. The summed E-state index contributed by atoms with van der Waals surface area (Å²) in [4.78, 5) is 38.5. The molecule has 3 aliphatic rings. The predicted molar refractivity (Wildman–Crippen MR) is 105 cm³/mol. The number of aromatic hydroxyl groups is 1. The molecule has 1 amide bonds. The van der Waals surface area contributed by atoms with Crippen molar-refractivity contribution in [2.75, 3.05) is 0 Å². The van der Waals surface area contributed by atoms with E-state index in [1.807, 2.05) is 0 Å². The molecule has 5 atom stereocenters. The lowest BCUT2D eigenvalue weighted by Crippen LogP contribution is -2.58. The van der Waals surface area contributed by atoms with Gasteiger partial charge in [0.1, 0.15) is 22.8 Å². The van der Waals surface area contributed by atoms with Gasteiger partial charge in [0.15, 0.2) is 11.6 Å². The van der Waals surface area contributed by atoms with Gasteiger partial charge >= 0.3 is 0 Å². The number of benzene rings is 1. The van der Waals surface area contributed by atoms with Crippen molar-refractivity contribution >= 4 is 17.5 Å². The first-order valence-corrected chi connectivity index (χ1v) is 9.84. The SMILES string of the molecule is CC[C@@]12C(=O)C(C(N)=O)=C(O)C[C@H]1[C@H](O)[C@H]1C(=C2O)C(=O)c2c(O)cccc2[C@@H]1C. The highest BCUT2D eigenvalue weighted by Crippen LogP contribution is 2.59. The van der Waals surface area contributed by atoms with Crippen molar-refractivity contribution in [2.24, 2.45) is 23.0 Å². The summed E-state index contributed by atoms with van der Waals surface area (Å²) in [6, 6.07) is 4.63. The second kappa shape index (κ2) is 6.43. The first-order valence-electron chi connectivity index (χ1n) is 9.84. The molecular weight excluding hydrogens is 390 g/mol. The van der Waals surface area contributed by atoms with Crippen molar-refractivity contribution in [3.63, 3.8) is 0 Å². The Bertz CT molecular complexity index is 1070. The van der Waals surface area contributed by atoms with Gasteiger partial charge in [-0.2, -0.15) is 0 Å². The van der Waals surface area contributed by atoms with Crippen molar-refractivity contribution in [2.45, 2.75) is 38.7 Å². The van der Waals surface area contributed by atoms with Gasteiger partial charge in [-0.15, -0.1) is 0 Å². The first kappa shape index (κ1) is 20.2. The standard InChI is InChI=1S/C22H23NO7/c1-3-22-10(7-12(25)15(19(22)28)21(23)30)17(26)13-8(2)9-5-4-6-11(24)14(9)18(27)16(13)20(22)29/h4-6,8,10,13,17,24-26,29H,3,7H2,1-2H3,(H2,23,30)/t8-,10-,13+,17-,22-/m0/s1. The summed E-state index contributed by atoms with van der Waals surface area (Å²) >= 11 is 0. The summed E-state index contributed by atoms with van der Waals surface area (Å²) in [6.45, 7) is 3.36. The zero-order valence-corrected chi connectivity index (χ0v) is 16.5. The minimum absolute atomic E-state index is 0.0189. The Hall–Kier alpha value is -3.13. The zero-order valence-electron chi connectivity index (χ0n) is 16.5. The normalized spacial score (nSPS) is 33.2. The molecule has 8 nitrogen and oxygen atoms in total. The molecule has 0 saturated carbocycles. The molecule has 0 aliphatic heterocycles. The molecule has 8 heteroatoms. The van der Waals surface area contributed by atoms with Crippen LogP contribution >= 0.6 is 0 Å². The van der Waals surface area contributed by atoms with E-state index in [2.05, 4.69) is 0 Å². The van der Waals surface area contributed by atoms with Gasteiger partial charge in [0.2, 0.25) is 0 Å². The molecule has 1 aromatic rings. The van der Waals surface area contributed by atoms with Crippen molar-refractivity contribution < 1.29 is 34.8 Å². The van der Waals surface area contributed by atoms with Crippen LogP contribution in [0.2, 0.25) is 0 Å². The molecule has 0 aromatic heterocycles. The maximum absolute atomic E-state index is 13.3. The molecule has 0 radical (unpaired) electrons. The van der Waals surface area contributed by atoms with Crippen LogP contribution in [0.1, 0.15) is 48.5 Å². The van der Waals surface area contributed by atoms with Crippen LogP contribution in [0.25, 0.3) is 0 Å². The third-order valence-corrected chi connectivity index (χ3v) is 7.14. The van der Waals surface area contributed by atoms with Crippen LogP contribution in [0.5, 0.6) is 5.75 Å². The van der Waals surface area contributed by atoms with E-state index in [1.54, 1.807) is 26.0 Å². The van der Waals surface area contributed by atoms with Gasteiger partial charge in [-0.3, -0.25) is 14.4 Å². The lowest BCUT2D eigenvalue weighted by molar-refractivity contribution is -0.139. The number of hydrogen-bond donors (Lipinski definition) is 5. The minimum Gasteiger partial charge on any atom is -0.511 e. The van der Waals surface area contributed by atoms with Crippen molar-refractivity contribution in [1.29, 1.82) is 0 Å². The molecular formula is C22H23NO7. The van der Waals surface area contributed by atoms with Crippen molar-refractivity contribution in [3.8, 4) is 5.75 Å². The van der Waals surface area contributed by atoms with Crippen LogP contribution in [0.3, 0.4) is 0 Å². The number of aliphatic hydroxyl groups excluding tert-OH is 3. The summed E-state index contributed by atoms with van der Waals surface area (Å²) in [7, 11) is 0. The molecule has 0 fully saturated rings. The van der Waals surface area contributed by atoms with Gasteiger partial charge in [0.25, 0.3) is 5.91 Å². The second-order valence-corrected chi connectivity index (χ2v) is 8.29. The quantitative estimate of drug-likeness (QED) is 0.462. The topological polar surface area (TPSA) is 158 Å². The van der Waals surface area contributed by atoms with Crippen LogP contribution in [0.4, 0.5) is 0 Å². The van der Waals surface area contributed by atoms with Gasteiger partial charge in [-0.05, 0) is 24.0 Å². The summed E-state index contributed by atoms with van der Waals surface area (Å²) in [6.07, 6.45) is -1.51. The third kappa shape index (κ3) is 2.22. The predicted octanol–water partition coefficient (Wildman–Crippen LogP) is 1.78. The fraction of sp³-hybridized carbons (Fsp3) is 0.409. The van der Waals surface area contributed by atoms with E-state index in [4.69, 9.17) is 5.73 Å². The number of rotatable bonds is 2. The Morgan fingerprint density at radius 1 is 1.23 bits per heavy atom. The molecule has 0 saturated heterocycles. The number of fused-ring (bicyclic) bond motifs is 3. The van der Waals surface area contributed by atoms with Crippen LogP contribution in [0.15, 0.2) is 40.9 Å². The highest BCUT2D eigenvalue weighted by Gasteiger charge is 2.63. The van der Waals surface area contributed by atoms with Crippen LogP contribution < -0.4 is 5.73 Å². The first-order chi connectivity index (χ1) is 14.1. The van der Waals surface area contributed by atoms with Crippen LogP contribution in [-0.4, -0.2) is 44.0 Å². The molecule has 0 bridgehead atoms. The number of carbonyl (C=O) groups is 3. The Morgan fingerprint density at radius 2 is 1.90 bits per heavy atom. The lowest BCUT2D eigenvalue weighted by atomic mass is 9.51. The molecule has 158 valence electrons. The molecule has 0 heterocycles. The third-order valence-electron chi connectivity index (χ3n) is 7.14. The molecule has 4 rings (SSSR count). The van der Waals surface area contributed by atoms with Crippen LogP contribution in [-0.2, 0) is 9.59 Å². The summed E-state index contributed by atoms with van der Waals surface area (Å²) in [5.74, 6) is -6.24. The van der Waals surface area contributed by atoms with E-state index >= 15 is 0 Å². The van der Waals surface area contributed by atoms with Gasteiger partial charge in [0, 0.05) is 23.8 Å². The van der Waals surface area contributed by atoms with Crippen LogP contribution in [0, 0.1) is 17.3 Å². The number of Topliss-reactive ketones (excluding diaryl/α,β-unsaturated/α-hetero) is 2. The summed E-state index contributed by atoms with van der Waals surface area (Å²) < 4.78 is 0. The number of aliphatic hydroxyl groups is 3. The Morgan fingerprint density at radius 3 is 2.50 bits per heavy atom. The van der Waals surface area contributed by atoms with E-state index in [1.165, 1.54) is 6.07 Å². The monoisotopic (exact) mass is 413 g/mol. The van der Waals surface area contributed by atoms with E-state index < -0.39 is 63.8 Å². The van der Waals surface area contributed by atoms with E-state index in [9.17, 15) is 34.8 Å². The molecule has 3 aliphatic carbocycles. The number of allylic oxidation sites excluding steroid dienone is 2. The van der Waals surface area contributed by atoms with E-state index in [-0.39, 0.29) is 29.7 Å². The fourth-order valence-electron chi connectivity index (χ4n) is 5.68. The molecule has 6 N–H and O–H groups in total. The zero-order chi connectivity index (χ0) is 22.1. The second-order valence-electron chi connectivity index (χ2n) is 8.29. The minimum atomic E-state index is -1.76. The maximum atomic E-state index is 13.3. The average molecular weight is 413 g/mol. The summed E-state index contributed by atoms with van der Waals surface area (Å²) in [5.41, 5.74) is 3.32. The fourth-order valence-corrected chi connectivity index (χ4v) is 5.68. The molecule has 1 aromatic carbocycles. The average Bonchev–Trinajstić information content (AvgIpc) is 2.68. The molecule has 30 heavy (non-hydrogen) atoms. The van der Waals surface area contributed by atoms with Gasteiger partial charge in [-0.25, -0.2) is 0 Å². The van der Waals surface area contributed by atoms with Crippen molar-refractivity contribution in [1.82, 2.24) is 0 Å². The number of carbonyl (C=O) groups excluding carboxylic acids is 3. The van der Waals surface area contributed by atoms with Gasteiger partial charge in [0.05, 0.1) is 17.1 Å². The number of nitrogens with two attached hydrogens (primary N) is 1. The highest BCUT2D eigenvalue weighted by atomic mass is 16.3. The molecule has 0 unspecified atom stereocenters. The number of phenolic OH excluding ortho intramolecular Hbond substituents is 1. The van der Waals surface area contributed by atoms with Gasteiger partial charge in [-0.1, -0.05) is 26.0 Å². The van der Waals surface area contributed by atoms with Gasteiger partial charge < -0.3 is 26.2 Å². The smallest absolute Gasteiger partial charge is 0.255 e.